The number of rotatable bonds is 5. The van der Waals surface area contributed by atoms with Crippen molar-refractivity contribution in [1.29, 1.82) is 5.26 Å². The topological polar surface area (TPSA) is 50.8 Å². The van der Waals surface area contributed by atoms with Crippen LogP contribution in [0.4, 0.5) is 0 Å². The summed E-state index contributed by atoms with van der Waals surface area (Å²) >= 11 is 3.21. The quantitative estimate of drug-likeness (QED) is 0.621. The van der Waals surface area contributed by atoms with Crippen molar-refractivity contribution in [3.05, 3.63) is 16.6 Å². The van der Waals surface area contributed by atoms with Crippen molar-refractivity contribution in [2.75, 3.05) is 6.61 Å². The van der Waals surface area contributed by atoms with Gasteiger partial charge in [-0.2, -0.15) is 5.26 Å². The van der Waals surface area contributed by atoms with Crippen LogP contribution in [-0.2, 0) is 11.5 Å². The number of ether oxygens (including phenoxy) is 1. The van der Waals surface area contributed by atoms with E-state index < -0.39 is 8.07 Å². The van der Waals surface area contributed by atoms with Crippen molar-refractivity contribution in [2.24, 2.45) is 0 Å². The number of aromatic nitrogens is 2. The number of nitriles is 1. The van der Waals surface area contributed by atoms with Crippen LogP contribution in [0.15, 0.2) is 10.9 Å². The number of hydrogen-bond donors (Lipinski definition) is 0. The Morgan fingerprint density at radius 3 is 2.81 bits per heavy atom. The first-order valence-electron chi connectivity index (χ1n) is 5.12. The number of halogens is 1. The fourth-order valence-corrected chi connectivity index (χ4v) is 2.27. The van der Waals surface area contributed by atoms with Gasteiger partial charge >= 0.3 is 0 Å². The molecule has 0 amide bonds. The van der Waals surface area contributed by atoms with E-state index in [-0.39, 0.29) is 0 Å². The van der Waals surface area contributed by atoms with Gasteiger partial charge in [0.15, 0.2) is 5.69 Å². The van der Waals surface area contributed by atoms with Gasteiger partial charge in [-0.3, -0.25) is 4.57 Å². The lowest BCUT2D eigenvalue weighted by atomic mass is 10.5. The summed E-state index contributed by atoms with van der Waals surface area (Å²) in [6.45, 7) is 8.07. The standard InChI is InChI=1S/C10H16BrN3OSi/c1-16(2,3)5-4-15-8-14-7-13-10(11)9(14)6-12/h7H,4-5,8H2,1-3H3. The molecule has 0 atom stereocenters. The zero-order chi connectivity index (χ0) is 12.2. The molecule has 16 heavy (non-hydrogen) atoms. The minimum absolute atomic E-state index is 0.395. The Labute approximate surface area is 105 Å². The minimum Gasteiger partial charge on any atom is -0.361 e. The van der Waals surface area contributed by atoms with Crippen molar-refractivity contribution in [2.45, 2.75) is 32.4 Å². The molecule has 0 saturated carbocycles. The summed E-state index contributed by atoms with van der Waals surface area (Å²) < 4.78 is 7.81. The molecule has 4 nitrogen and oxygen atoms in total. The summed E-state index contributed by atoms with van der Waals surface area (Å²) in [5.74, 6) is 0. The van der Waals surface area contributed by atoms with Crippen molar-refractivity contribution in [3.8, 4) is 6.07 Å². The number of imidazole rings is 1. The van der Waals surface area contributed by atoms with Crippen LogP contribution in [0.5, 0.6) is 0 Å². The van der Waals surface area contributed by atoms with Crippen LogP contribution in [0.1, 0.15) is 5.69 Å². The molecule has 0 unspecified atom stereocenters. The van der Waals surface area contributed by atoms with Gasteiger partial charge in [-0.1, -0.05) is 19.6 Å². The molecule has 0 N–H and O–H groups in total. The molecule has 0 radical (unpaired) electrons. The predicted molar refractivity (Wildman–Crippen MR) is 68.7 cm³/mol. The second kappa shape index (κ2) is 5.62. The molecular weight excluding hydrogens is 286 g/mol. The monoisotopic (exact) mass is 301 g/mol. The number of hydrogen-bond acceptors (Lipinski definition) is 3. The van der Waals surface area contributed by atoms with E-state index in [1.165, 1.54) is 0 Å². The van der Waals surface area contributed by atoms with Gasteiger partial charge in [0.25, 0.3) is 0 Å². The Kier molecular flexibility index (Phi) is 4.71. The van der Waals surface area contributed by atoms with Crippen LogP contribution in [0.2, 0.25) is 25.7 Å². The first-order chi connectivity index (χ1) is 7.44. The highest BCUT2D eigenvalue weighted by Crippen LogP contribution is 2.13. The van der Waals surface area contributed by atoms with Crippen LogP contribution < -0.4 is 0 Å². The van der Waals surface area contributed by atoms with E-state index in [4.69, 9.17) is 10.00 Å². The average Bonchev–Trinajstić information content (AvgIpc) is 2.52. The van der Waals surface area contributed by atoms with Crippen LogP contribution in [0.3, 0.4) is 0 Å². The van der Waals surface area contributed by atoms with Gasteiger partial charge in [-0.15, -0.1) is 0 Å². The zero-order valence-corrected chi connectivity index (χ0v) is 12.4. The second-order valence-corrected chi connectivity index (χ2v) is 11.2. The molecular formula is C10H16BrN3OSi. The highest BCUT2D eigenvalue weighted by molar-refractivity contribution is 9.10. The van der Waals surface area contributed by atoms with Crippen molar-refractivity contribution in [3.63, 3.8) is 0 Å². The first-order valence-corrected chi connectivity index (χ1v) is 9.62. The van der Waals surface area contributed by atoms with Gasteiger partial charge in [0, 0.05) is 14.7 Å². The molecule has 0 aliphatic heterocycles. The Balaban J connectivity index is 2.41. The van der Waals surface area contributed by atoms with E-state index in [2.05, 4.69) is 46.6 Å². The summed E-state index contributed by atoms with van der Waals surface area (Å²) in [7, 11) is -1.04. The largest absolute Gasteiger partial charge is 0.361 e. The van der Waals surface area contributed by atoms with Crippen molar-refractivity contribution >= 4 is 24.0 Å². The Morgan fingerprint density at radius 2 is 2.25 bits per heavy atom. The highest BCUT2D eigenvalue weighted by atomic mass is 79.9. The zero-order valence-electron chi connectivity index (χ0n) is 9.83. The van der Waals surface area contributed by atoms with Gasteiger partial charge < -0.3 is 4.74 Å². The van der Waals surface area contributed by atoms with Crippen LogP contribution in [0.25, 0.3) is 0 Å². The van der Waals surface area contributed by atoms with Gasteiger partial charge in [0.05, 0.1) is 6.33 Å². The third kappa shape index (κ3) is 4.08. The van der Waals surface area contributed by atoms with E-state index >= 15 is 0 Å². The van der Waals surface area contributed by atoms with Gasteiger partial charge in [0.2, 0.25) is 0 Å². The van der Waals surface area contributed by atoms with Crippen LogP contribution in [-0.4, -0.2) is 24.2 Å². The van der Waals surface area contributed by atoms with E-state index in [0.29, 0.717) is 17.0 Å². The molecule has 0 aromatic carbocycles. The molecule has 1 heterocycles. The molecule has 6 heteroatoms. The fourth-order valence-electron chi connectivity index (χ4n) is 1.11. The predicted octanol–water partition coefficient (Wildman–Crippen LogP) is 2.83. The Hall–Kier alpha value is -0.643. The summed E-state index contributed by atoms with van der Waals surface area (Å²) in [5, 5.41) is 8.88. The molecule has 0 spiro atoms. The van der Waals surface area contributed by atoms with E-state index in [0.717, 1.165) is 12.7 Å². The fraction of sp³-hybridized carbons (Fsp3) is 0.600. The summed E-state index contributed by atoms with van der Waals surface area (Å²) in [5.41, 5.74) is 0.507. The van der Waals surface area contributed by atoms with Crippen LogP contribution in [0, 0.1) is 11.3 Å². The molecule has 0 fully saturated rings. The molecule has 1 aromatic rings. The average molecular weight is 302 g/mol. The third-order valence-electron chi connectivity index (χ3n) is 2.13. The molecule has 0 aliphatic carbocycles. The van der Waals surface area contributed by atoms with Gasteiger partial charge in [0.1, 0.15) is 17.4 Å². The molecule has 0 bridgehead atoms. The minimum atomic E-state index is -1.04. The van der Waals surface area contributed by atoms with E-state index in [9.17, 15) is 0 Å². The van der Waals surface area contributed by atoms with E-state index in [1.807, 2.05) is 0 Å². The maximum absolute atomic E-state index is 8.88. The van der Waals surface area contributed by atoms with E-state index in [1.54, 1.807) is 10.9 Å². The lowest BCUT2D eigenvalue weighted by Crippen LogP contribution is -2.22. The second-order valence-electron chi connectivity index (χ2n) is 4.81. The van der Waals surface area contributed by atoms with Crippen molar-refractivity contribution < 1.29 is 4.74 Å². The highest BCUT2D eigenvalue weighted by Gasteiger charge is 2.12. The van der Waals surface area contributed by atoms with Gasteiger partial charge in [-0.05, 0) is 22.0 Å². The molecule has 1 rings (SSSR count). The van der Waals surface area contributed by atoms with Crippen LogP contribution >= 0.6 is 15.9 Å². The summed E-state index contributed by atoms with van der Waals surface area (Å²) in [6, 6.07) is 3.21. The van der Waals surface area contributed by atoms with Crippen molar-refractivity contribution in [1.82, 2.24) is 9.55 Å². The lowest BCUT2D eigenvalue weighted by molar-refractivity contribution is 0.0865. The van der Waals surface area contributed by atoms with Gasteiger partial charge in [-0.25, -0.2) is 4.98 Å². The maximum Gasteiger partial charge on any atom is 0.156 e. The third-order valence-corrected chi connectivity index (χ3v) is 4.41. The Morgan fingerprint density at radius 1 is 1.56 bits per heavy atom. The summed E-state index contributed by atoms with van der Waals surface area (Å²) in [6.07, 6.45) is 1.61. The molecule has 0 aliphatic rings. The SMILES string of the molecule is C[Si](C)(C)CCOCn1cnc(Br)c1C#N. The summed E-state index contributed by atoms with van der Waals surface area (Å²) in [4.78, 5) is 4.00. The maximum atomic E-state index is 8.88. The first kappa shape index (κ1) is 13.4. The number of nitrogens with zero attached hydrogens (tertiary/aromatic N) is 3. The molecule has 1 aromatic heterocycles. The normalized spacial score (nSPS) is 11.4. The smallest absolute Gasteiger partial charge is 0.156 e. The molecule has 0 saturated heterocycles. The molecule has 88 valence electrons. The lowest BCUT2D eigenvalue weighted by Gasteiger charge is -2.15. The Bertz CT molecular complexity index is 392.